The highest BCUT2D eigenvalue weighted by atomic mass is 79.9. The first-order valence-electron chi connectivity index (χ1n) is 12.1. The van der Waals surface area contributed by atoms with Crippen LogP contribution in [0.5, 0.6) is 17.2 Å². The van der Waals surface area contributed by atoms with Crippen molar-refractivity contribution in [2.75, 3.05) is 40.4 Å². The van der Waals surface area contributed by atoms with Crippen LogP contribution in [0.4, 0.5) is 5.69 Å². The highest BCUT2D eigenvalue weighted by molar-refractivity contribution is 9.10. The van der Waals surface area contributed by atoms with Crippen LogP contribution in [0.25, 0.3) is 16.9 Å². The summed E-state index contributed by atoms with van der Waals surface area (Å²) in [6, 6.07) is 18.9. The van der Waals surface area contributed by atoms with Crippen LogP contribution in [0.3, 0.4) is 0 Å². The molecule has 1 amide bonds. The summed E-state index contributed by atoms with van der Waals surface area (Å²) in [7, 11) is 5.35. The number of para-hydroxylation sites is 3. The van der Waals surface area contributed by atoms with Gasteiger partial charge in [0.15, 0.2) is 23.8 Å². The van der Waals surface area contributed by atoms with Gasteiger partial charge in [-0.3, -0.25) is 4.79 Å². The van der Waals surface area contributed by atoms with E-state index in [2.05, 4.69) is 26.3 Å². The van der Waals surface area contributed by atoms with Gasteiger partial charge in [-0.2, -0.15) is 5.10 Å². The minimum atomic E-state index is -0.790. The number of carbonyl (C=O) groups excluding carboxylic acids is 3. The summed E-state index contributed by atoms with van der Waals surface area (Å²) in [5.41, 5.74) is 1.33. The van der Waals surface area contributed by atoms with Gasteiger partial charge in [0.05, 0.1) is 39.8 Å². The topological polar surface area (TPSA) is 127 Å². The van der Waals surface area contributed by atoms with Crippen LogP contribution in [0, 0.1) is 0 Å². The number of amides is 1. The fourth-order valence-electron chi connectivity index (χ4n) is 4.01. The predicted molar refractivity (Wildman–Crippen MR) is 153 cm³/mol. The van der Waals surface area contributed by atoms with Gasteiger partial charge in [-0.05, 0) is 52.3 Å². The normalized spacial score (nSPS) is 10.5. The minimum Gasteiger partial charge on any atom is -0.495 e. The number of nitrogens with zero attached hydrogens (tertiary/aromatic N) is 2. The average Bonchev–Trinajstić information content (AvgIpc) is 3.40. The standard InChI is InChI=1S/C29H26BrN3O8/c1-37-21-13-9-8-12-20(21)31-24(34)16-41-23-15-19(30)18(14-22(23)38-2)26-25(28(35)39-3)27(29(36)40-4)33(32-26)17-10-6-5-7-11-17/h5-15H,16H2,1-4H3,(H,31,34). The van der Waals surface area contributed by atoms with Crippen LogP contribution in [0.1, 0.15) is 20.8 Å². The smallest absolute Gasteiger partial charge is 0.357 e. The second-order valence-electron chi connectivity index (χ2n) is 8.32. The minimum absolute atomic E-state index is 0.101. The summed E-state index contributed by atoms with van der Waals surface area (Å²) in [6.45, 7) is -0.331. The van der Waals surface area contributed by atoms with Crippen molar-refractivity contribution in [2.45, 2.75) is 0 Å². The Morgan fingerprint density at radius 1 is 0.829 bits per heavy atom. The van der Waals surface area contributed by atoms with Gasteiger partial charge in [-0.25, -0.2) is 14.3 Å². The van der Waals surface area contributed by atoms with E-state index in [4.69, 9.17) is 23.7 Å². The van der Waals surface area contributed by atoms with Crippen molar-refractivity contribution in [3.63, 3.8) is 0 Å². The Labute approximate surface area is 244 Å². The van der Waals surface area contributed by atoms with Crippen LogP contribution < -0.4 is 19.5 Å². The van der Waals surface area contributed by atoms with Crippen molar-refractivity contribution < 1.29 is 38.1 Å². The molecule has 11 nitrogen and oxygen atoms in total. The molecule has 0 spiro atoms. The number of hydrogen-bond acceptors (Lipinski definition) is 9. The molecule has 0 radical (unpaired) electrons. The zero-order valence-corrected chi connectivity index (χ0v) is 24.2. The molecule has 41 heavy (non-hydrogen) atoms. The van der Waals surface area contributed by atoms with Gasteiger partial charge >= 0.3 is 11.9 Å². The maximum absolute atomic E-state index is 13.0. The maximum Gasteiger partial charge on any atom is 0.357 e. The molecule has 3 aromatic carbocycles. The quantitative estimate of drug-likeness (QED) is 0.245. The van der Waals surface area contributed by atoms with Crippen LogP contribution >= 0.6 is 15.9 Å². The number of benzene rings is 3. The largest absolute Gasteiger partial charge is 0.495 e. The van der Waals surface area contributed by atoms with Crippen LogP contribution in [0.15, 0.2) is 71.2 Å². The Hall–Kier alpha value is -4.84. The fraction of sp³-hybridized carbons (Fsp3) is 0.172. The first kappa shape index (κ1) is 29.2. The molecule has 1 aromatic heterocycles. The van der Waals surface area contributed by atoms with E-state index < -0.39 is 17.8 Å². The van der Waals surface area contributed by atoms with Gasteiger partial charge in [0.1, 0.15) is 17.0 Å². The SMILES string of the molecule is COC(=O)c1c(-c2cc(OC)c(OCC(=O)Nc3ccccc3OC)cc2Br)nn(-c2ccccc2)c1C(=O)OC. The van der Waals surface area contributed by atoms with E-state index in [9.17, 15) is 14.4 Å². The Balaban J connectivity index is 1.73. The second-order valence-corrected chi connectivity index (χ2v) is 9.18. The number of nitrogens with one attached hydrogen (secondary N) is 1. The summed E-state index contributed by atoms with van der Waals surface area (Å²) < 4.78 is 28.3. The molecule has 4 rings (SSSR count). The number of carbonyl (C=O) groups is 3. The summed E-state index contributed by atoms with van der Waals surface area (Å²) in [4.78, 5) is 38.5. The second kappa shape index (κ2) is 13.0. The van der Waals surface area contributed by atoms with Crippen LogP contribution in [0.2, 0.25) is 0 Å². The zero-order valence-electron chi connectivity index (χ0n) is 22.6. The third kappa shape index (κ3) is 6.17. The number of hydrogen-bond donors (Lipinski definition) is 1. The molecule has 0 saturated heterocycles. The van der Waals surface area contributed by atoms with Gasteiger partial charge in [0.25, 0.3) is 5.91 Å². The lowest BCUT2D eigenvalue weighted by Crippen LogP contribution is -2.20. The molecule has 212 valence electrons. The summed E-state index contributed by atoms with van der Waals surface area (Å²) in [5.74, 6) is -0.993. The monoisotopic (exact) mass is 623 g/mol. The molecule has 4 aromatic rings. The molecule has 12 heteroatoms. The van der Waals surface area contributed by atoms with E-state index in [1.54, 1.807) is 60.7 Å². The maximum atomic E-state index is 13.0. The fourth-order valence-corrected chi connectivity index (χ4v) is 4.52. The molecular weight excluding hydrogens is 598 g/mol. The lowest BCUT2D eigenvalue weighted by atomic mass is 10.0. The first-order chi connectivity index (χ1) is 19.8. The van der Waals surface area contributed by atoms with Gasteiger partial charge in [-0.15, -0.1) is 0 Å². The Bertz CT molecular complexity index is 1590. The van der Waals surface area contributed by atoms with Crippen molar-refractivity contribution >= 4 is 39.5 Å². The van der Waals surface area contributed by atoms with E-state index in [0.29, 0.717) is 27.2 Å². The van der Waals surface area contributed by atoms with Gasteiger partial charge in [0.2, 0.25) is 0 Å². The number of esters is 2. The van der Waals surface area contributed by atoms with Crippen molar-refractivity contribution in [1.82, 2.24) is 9.78 Å². The third-order valence-electron chi connectivity index (χ3n) is 5.90. The number of ether oxygens (including phenoxy) is 5. The molecule has 0 aliphatic rings. The van der Waals surface area contributed by atoms with E-state index in [1.807, 2.05) is 6.07 Å². The summed E-state index contributed by atoms with van der Waals surface area (Å²) >= 11 is 3.51. The Morgan fingerprint density at radius 3 is 2.15 bits per heavy atom. The van der Waals surface area contributed by atoms with Crippen molar-refractivity contribution in [1.29, 1.82) is 0 Å². The molecule has 0 bridgehead atoms. The lowest BCUT2D eigenvalue weighted by Gasteiger charge is -2.14. The van der Waals surface area contributed by atoms with Gasteiger partial charge in [0, 0.05) is 10.0 Å². The molecule has 1 heterocycles. The van der Waals surface area contributed by atoms with E-state index in [0.717, 1.165) is 0 Å². The number of methoxy groups -OCH3 is 4. The number of rotatable bonds is 10. The van der Waals surface area contributed by atoms with E-state index >= 15 is 0 Å². The summed E-state index contributed by atoms with van der Waals surface area (Å²) in [5, 5.41) is 7.34. The van der Waals surface area contributed by atoms with E-state index in [1.165, 1.54) is 33.1 Å². The van der Waals surface area contributed by atoms with Crippen molar-refractivity contribution in [3.05, 3.63) is 82.5 Å². The first-order valence-corrected chi connectivity index (χ1v) is 12.9. The van der Waals surface area contributed by atoms with Gasteiger partial charge in [-0.1, -0.05) is 30.3 Å². The summed E-state index contributed by atoms with van der Waals surface area (Å²) in [6.07, 6.45) is 0. The molecule has 1 N–H and O–H groups in total. The molecule has 0 aliphatic carbocycles. The number of anilines is 1. The molecule has 0 unspecified atom stereocenters. The molecule has 0 saturated carbocycles. The zero-order chi connectivity index (χ0) is 29.5. The highest BCUT2D eigenvalue weighted by Crippen LogP contribution is 2.41. The lowest BCUT2D eigenvalue weighted by molar-refractivity contribution is -0.118. The average molecular weight is 624 g/mol. The molecule has 0 aliphatic heterocycles. The Morgan fingerprint density at radius 2 is 1.49 bits per heavy atom. The molecule has 0 atom stereocenters. The van der Waals surface area contributed by atoms with Gasteiger partial charge < -0.3 is 29.0 Å². The van der Waals surface area contributed by atoms with Crippen LogP contribution in [-0.2, 0) is 14.3 Å². The predicted octanol–water partition coefficient (Wildman–Crippen LogP) is 4.91. The number of halogens is 1. The van der Waals surface area contributed by atoms with Crippen LogP contribution in [-0.4, -0.2) is 62.7 Å². The molecular formula is C29H26BrN3O8. The third-order valence-corrected chi connectivity index (χ3v) is 6.56. The molecule has 0 fully saturated rings. The number of aromatic nitrogens is 2. The highest BCUT2D eigenvalue weighted by Gasteiger charge is 2.32. The Kier molecular flexibility index (Phi) is 9.25. The van der Waals surface area contributed by atoms with Crippen molar-refractivity contribution in [2.24, 2.45) is 0 Å². The van der Waals surface area contributed by atoms with E-state index in [-0.39, 0.29) is 35.1 Å². The van der Waals surface area contributed by atoms with Crippen molar-refractivity contribution in [3.8, 4) is 34.2 Å².